The number of aryl methyl sites for hydroxylation is 2. The summed E-state index contributed by atoms with van der Waals surface area (Å²) >= 11 is 0. The van der Waals surface area contributed by atoms with Crippen LogP contribution in [0.15, 0.2) is 91.4 Å². The van der Waals surface area contributed by atoms with Gasteiger partial charge in [0.2, 0.25) is 31.8 Å². The van der Waals surface area contributed by atoms with Crippen molar-refractivity contribution in [2.45, 2.75) is 23.6 Å². The van der Waals surface area contributed by atoms with Crippen molar-refractivity contribution in [3.05, 3.63) is 95.1 Å². The smallest absolute Gasteiger partial charge is 0.242 e. The Bertz CT molecular complexity index is 2220. The largest absolute Gasteiger partial charge is 0.436 e. The van der Waals surface area contributed by atoms with Gasteiger partial charge in [0.1, 0.15) is 11.0 Å². The summed E-state index contributed by atoms with van der Waals surface area (Å²) in [7, 11) is -1.23. The van der Waals surface area contributed by atoms with Crippen molar-refractivity contribution in [2.75, 3.05) is 28.2 Å². The molecule has 236 valence electrons. The van der Waals surface area contributed by atoms with Gasteiger partial charge in [0, 0.05) is 51.5 Å². The zero-order valence-corrected chi connectivity index (χ0v) is 27.8. The van der Waals surface area contributed by atoms with Gasteiger partial charge < -0.3 is 8.83 Å². The van der Waals surface area contributed by atoms with Gasteiger partial charge in [-0.15, -0.1) is 0 Å². The van der Waals surface area contributed by atoms with E-state index in [0.29, 0.717) is 34.0 Å². The predicted molar refractivity (Wildman–Crippen MR) is 179 cm³/mol. The van der Waals surface area contributed by atoms with Gasteiger partial charge in [-0.25, -0.2) is 35.4 Å². The highest BCUT2D eigenvalue weighted by Crippen LogP contribution is 2.31. The van der Waals surface area contributed by atoms with Crippen molar-refractivity contribution in [3.63, 3.8) is 0 Å². The fourth-order valence-corrected chi connectivity index (χ4v) is 6.81. The minimum Gasteiger partial charge on any atom is -0.436 e. The van der Waals surface area contributed by atoms with E-state index in [9.17, 15) is 16.8 Å². The number of oxazole rings is 2. The van der Waals surface area contributed by atoms with Gasteiger partial charge in [-0.05, 0) is 84.6 Å². The Morgan fingerprint density at radius 3 is 1.30 bits per heavy atom. The molecule has 0 aliphatic rings. The summed E-state index contributed by atoms with van der Waals surface area (Å²) in [6.45, 7) is 4.01. The van der Waals surface area contributed by atoms with Crippen molar-refractivity contribution in [2.24, 2.45) is 0 Å². The first-order valence-electron chi connectivity index (χ1n) is 14.3. The molecule has 6 aromatic rings. The van der Waals surface area contributed by atoms with Crippen LogP contribution >= 0.6 is 0 Å². The highest BCUT2D eigenvalue weighted by atomic mass is 32.2. The molecule has 0 amide bonds. The molecule has 0 aliphatic carbocycles. The van der Waals surface area contributed by atoms with Gasteiger partial charge in [0.25, 0.3) is 0 Å². The number of rotatable bonds is 8. The SMILES string of the molecule is Cc1cc(-c2nc3ccc(S(=O)(=O)N(C)C)cc3o2)ccc1C=Cc1ccc(-c2nc3ccc(S(=O)(=O)N(C)C)cc3o2)cc1C. The maximum atomic E-state index is 12.5. The minimum absolute atomic E-state index is 0.147. The van der Waals surface area contributed by atoms with Gasteiger partial charge in [-0.2, -0.15) is 0 Å². The van der Waals surface area contributed by atoms with Gasteiger partial charge in [0.15, 0.2) is 11.2 Å². The third-order valence-corrected chi connectivity index (χ3v) is 11.4. The predicted octanol–water partition coefficient (Wildman–Crippen LogP) is 6.59. The molecule has 2 heterocycles. The Morgan fingerprint density at radius 2 is 0.957 bits per heavy atom. The molecule has 6 rings (SSSR count). The van der Waals surface area contributed by atoms with Crippen LogP contribution in [0, 0.1) is 13.8 Å². The lowest BCUT2D eigenvalue weighted by Crippen LogP contribution is -2.22. The molecule has 0 N–H and O–H groups in total. The normalized spacial score (nSPS) is 12.8. The summed E-state index contributed by atoms with van der Waals surface area (Å²) in [6.07, 6.45) is 4.08. The van der Waals surface area contributed by atoms with E-state index in [1.54, 1.807) is 12.1 Å². The molecule has 0 saturated carbocycles. The monoisotopic (exact) mass is 656 g/mol. The van der Waals surface area contributed by atoms with Crippen molar-refractivity contribution in [3.8, 4) is 22.9 Å². The first-order valence-corrected chi connectivity index (χ1v) is 17.2. The van der Waals surface area contributed by atoms with Crippen molar-refractivity contribution in [1.82, 2.24) is 18.6 Å². The number of sulfonamides is 2. The molecule has 0 unspecified atom stereocenters. The van der Waals surface area contributed by atoms with Crippen LogP contribution < -0.4 is 0 Å². The van der Waals surface area contributed by atoms with E-state index in [4.69, 9.17) is 8.83 Å². The summed E-state index contributed by atoms with van der Waals surface area (Å²) in [5, 5.41) is 0. The third kappa shape index (κ3) is 5.76. The summed E-state index contributed by atoms with van der Waals surface area (Å²) in [5.41, 5.74) is 7.60. The van der Waals surface area contributed by atoms with Gasteiger partial charge in [0.05, 0.1) is 9.79 Å². The lowest BCUT2D eigenvalue weighted by molar-refractivity contribution is 0.519. The second-order valence-electron chi connectivity index (χ2n) is 11.3. The fraction of sp³-hybridized carbons (Fsp3) is 0.176. The molecule has 4 aromatic carbocycles. The number of aromatic nitrogens is 2. The average molecular weight is 657 g/mol. The standard InChI is InChI=1S/C34H32N4O6S2/c1-21-17-25(33-35-29-15-13-27(19-31(29)43-33)45(39,40)37(3)4)11-9-23(21)7-8-24-10-12-26(18-22(24)2)34-36-30-16-14-28(20-32(30)44-34)46(41,42)38(5)6/h7-20H,1-6H3. The second-order valence-corrected chi connectivity index (χ2v) is 15.7. The molecule has 46 heavy (non-hydrogen) atoms. The van der Waals surface area contributed by atoms with Crippen molar-refractivity contribution in [1.29, 1.82) is 0 Å². The number of benzene rings is 4. The van der Waals surface area contributed by atoms with E-state index in [2.05, 4.69) is 9.97 Å². The molecular weight excluding hydrogens is 625 g/mol. The first-order chi connectivity index (χ1) is 21.7. The van der Waals surface area contributed by atoms with E-state index in [-0.39, 0.29) is 9.79 Å². The van der Waals surface area contributed by atoms with E-state index in [1.165, 1.54) is 52.5 Å². The third-order valence-electron chi connectivity index (χ3n) is 7.75. The Kier molecular flexibility index (Phi) is 7.93. The van der Waals surface area contributed by atoms with Gasteiger partial charge in [-0.1, -0.05) is 24.3 Å². The van der Waals surface area contributed by atoms with E-state index < -0.39 is 20.0 Å². The lowest BCUT2D eigenvalue weighted by atomic mass is 10.0. The van der Waals surface area contributed by atoms with Crippen LogP contribution in [0.4, 0.5) is 0 Å². The molecule has 0 saturated heterocycles. The summed E-state index contributed by atoms with van der Waals surface area (Å²) in [4.78, 5) is 9.42. The summed E-state index contributed by atoms with van der Waals surface area (Å²) in [5.74, 6) is 0.823. The molecular formula is C34H32N4O6S2. The molecule has 10 nitrogen and oxygen atoms in total. The Hall–Kier alpha value is -4.62. The molecule has 12 heteroatoms. The van der Waals surface area contributed by atoms with E-state index in [1.807, 2.05) is 62.4 Å². The van der Waals surface area contributed by atoms with Crippen molar-refractivity contribution >= 4 is 54.4 Å². The fourth-order valence-electron chi connectivity index (χ4n) is 4.97. The van der Waals surface area contributed by atoms with Gasteiger partial charge >= 0.3 is 0 Å². The Labute approximate surface area is 267 Å². The second kappa shape index (κ2) is 11.6. The number of hydrogen-bond donors (Lipinski definition) is 0. The molecule has 0 aliphatic heterocycles. The number of hydrogen-bond acceptors (Lipinski definition) is 8. The summed E-state index contributed by atoms with van der Waals surface area (Å²) in [6, 6.07) is 21.2. The van der Waals surface area contributed by atoms with Gasteiger partial charge in [-0.3, -0.25) is 0 Å². The minimum atomic E-state index is -3.59. The maximum Gasteiger partial charge on any atom is 0.242 e. The zero-order chi connectivity index (χ0) is 33.0. The molecule has 0 radical (unpaired) electrons. The van der Waals surface area contributed by atoms with E-state index >= 15 is 0 Å². The Morgan fingerprint density at radius 1 is 0.565 bits per heavy atom. The zero-order valence-electron chi connectivity index (χ0n) is 26.1. The van der Waals surface area contributed by atoms with Crippen LogP contribution in [-0.4, -0.2) is 63.6 Å². The van der Waals surface area contributed by atoms with E-state index in [0.717, 1.165) is 42.0 Å². The van der Waals surface area contributed by atoms with Crippen LogP contribution in [0.3, 0.4) is 0 Å². The molecule has 0 bridgehead atoms. The van der Waals surface area contributed by atoms with Crippen LogP contribution in [0.5, 0.6) is 0 Å². The van der Waals surface area contributed by atoms with Crippen LogP contribution in [0.2, 0.25) is 0 Å². The Balaban J connectivity index is 1.22. The highest BCUT2D eigenvalue weighted by Gasteiger charge is 2.21. The molecule has 0 fully saturated rings. The maximum absolute atomic E-state index is 12.5. The first kappa shape index (κ1) is 31.4. The molecule has 0 spiro atoms. The number of fused-ring (bicyclic) bond motifs is 2. The van der Waals surface area contributed by atoms with Crippen LogP contribution in [0.25, 0.3) is 57.3 Å². The molecule has 0 atom stereocenters. The summed E-state index contributed by atoms with van der Waals surface area (Å²) < 4.78 is 64.3. The topological polar surface area (TPSA) is 127 Å². The molecule has 2 aromatic heterocycles. The lowest BCUT2D eigenvalue weighted by Gasteiger charge is -2.10. The van der Waals surface area contributed by atoms with Crippen LogP contribution in [0.1, 0.15) is 22.3 Å². The number of nitrogens with zero attached hydrogens (tertiary/aromatic N) is 4. The quantitative estimate of drug-likeness (QED) is 0.168. The highest BCUT2D eigenvalue weighted by molar-refractivity contribution is 7.89. The van der Waals surface area contributed by atoms with Crippen LogP contribution in [-0.2, 0) is 20.0 Å². The average Bonchev–Trinajstić information content (AvgIpc) is 3.64. The van der Waals surface area contributed by atoms with Crippen molar-refractivity contribution < 1.29 is 25.7 Å².